The fraction of sp³-hybridized carbons (Fsp3) is 0.267. The molecule has 0 radical (unpaired) electrons. The van der Waals surface area contributed by atoms with Crippen molar-refractivity contribution in [2.24, 2.45) is 0 Å². The van der Waals surface area contributed by atoms with Crippen LogP contribution >= 0.6 is 0 Å². The zero-order chi connectivity index (χ0) is 15.4. The fourth-order valence-corrected chi connectivity index (χ4v) is 2.18. The maximum Gasteiger partial charge on any atom is 0.336 e. The topological polar surface area (TPSA) is 84.2 Å². The molecule has 0 aliphatic carbocycles. The van der Waals surface area contributed by atoms with Gasteiger partial charge >= 0.3 is 5.97 Å². The van der Waals surface area contributed by atoms with Crippen LogP contribution in [0, 0.1) is 13.8 Å². The van der Waals surface area contributed by atoms with Gasteiger partial charge in [0, 0.05) is 18.9 Å². The van der Waals surface area contributed by atoms with Gasteiger partial charge in [0.15, 0.2) is 0 Å². The number of rotatable bonds is 5. The van der Waals surface area contributed by atoms with Crippen molar-refractivity contribution in [3.63, 3.8) is 0 Å². The first-order chi connectivity index (χ1) is 10.0. The van der Waals surface area contributed by atoms with E-state index in [4.69, 9.17) is 0 Å². The molecular formula is C15H17N3O3. The van der Waals surface area contributed by atoms with Gasteiger partial charge in [-0.15, -0.1) is 0 Å². The Morgan fingerprint density at radius 2 is 1.90 bits per heavy atom. The molecule has 2 aromatic rings. The van der Waals surface area contributed by atoms with Crippen LogP contribution in [0.4, 0.5) is 0 Å². The number of nitrogens with one attached hydrogen (secondary N) is 1. The number of hydrogen-bond donors (Lipinski definition) is 2. The van der Waals surface area contributed by atoms with Crippen LogP contribution in [-0.2, 0) is 6.54 Å². The number of aromatic nitrogens is 2. The molecule has 6 nitrogen and oxygen atoms in total. The summed E-state index contributed by atoms with van der Waals surface area (Å²) in [5.74, 6) is -1.46. The predicted molar refractivity (Wildman–Crippen MR) is 77.4 cm³/mol. The van der Waals surface area contributed by atoms with Gasteiger partial charge in [0.2, 0.25) is 0 Å². The Kier molecular flexibility index (Phi) is 4.37. The molecule has 110 valence electrons. The highest BCUT2D eigenvalue weighted by Crippen LogP contribution is 2.18. The van der Waals surface area contributed by atoms with Crippen LogP contribution in [0.3, 0.4) is 0 Å². The Morgan fingerprint density at radius 1 is 1.24 bits per heavy atom. The number of carbonyl (C=O) groups is 2. The first-order valence-electron chi connectivity index (χ1n) is 6.60. The molecule has 0 bridgehead atoms. The molecule has 0 aliphatic rings. The largest absolute Gasteiger partial charge is 0.478 e. The van der Waals surface area contributed by atoms with Gasteiger partial charge in [-0.25, -0.2) is 4.79 Å². The van der Waals surface area contributed by atoms with E-state index in [0.29, 0.717) is 24.2 Å². The molecular weight excluding hydrogens is 270 g/mol. The van der Waals surface area contributed by atoms with Crippen LogP contribution in [0.5, 0.6) is 0 Å². The molecule has 0 fully saturated rings. The second kappa shape index (κ2) is 6.21. The lowest BCUT2D eigenvalue weighted by Gasteiger charge is -2.12. The van der Waals surface area contributed by atoms with Gasteiger partial charge in [-0.2, -0.15) is 5.10 Å². The van der Waals surface area contributed by atoms with Crippen molar-refractivity contribution in [1.82, 2.24) is 15.1 Å². The summed E-state index contributed by atoms with van der Waals surface area (Å²) in [5, 5.41) is 16.1. The normalized spacial score (nSPS) is 10.4. The SMILES string of the molecule is Cc1ccc(C)c(C(=O)NCCn2cccn2)c1C(=O)O. The molecule has 0 saturated carbocycles. The quantitative estimate of drug-likeness (QED) is 0.875. The van der Waals surface area contributed by atoms with Crippen molar-refractivity contribution in [2.75, 3.05) is 6.54 Å². The predicted octanol–water partition coefficient (Wildman–Crippen LogP) is 1.63. The van der Waals surface area contributed by atoms with Gasteiger partial charge < -0.3 is 10.4 Å². The summed E-state index contributed by atoms with van der Waals surface area (Å²) >= 11 is 0. The molecule has 0 spiro atoms. The van der Waals surface area contributed by atoms with Crippen molar-refractivity contribution < 1.29 is 14.7 Å². The first kappa shape index (κ1) is 14.8. The van der Waals surface area contributed by atoms with Gasteiger partial charge in [0.1, 0.15) is 0 Å². The Bertz CT molecular complexity index is 663. The van der Waals surface area contributed by atoms with Gasteiger partial charge in [0.25, 0.3) is 5.91 Å². The van der Waals surface area contributed by atoms with Gasteiger partial charge in [-0.05, 0) is 31.0 Å². The molecule has 1 aromatic heterocycles. The van der Waals surface area contributed by atoms with Crippen LogP contribution in [0.1, 0.15) is 31.8 Å². The number of nitrogens with zero attached hydrogens (tertiary/aromatic N) is 2. The fourth-order valence-electron chi connectivity index (χ4n) is 2.18. The number of aromatic carboxylic acids is 1. The molecule has 2 rings (SSSR count). The second-order valence-electron chi connectivity index (χ2n) is 4.78. The monoisotopic (exact) mass is 287 g/mol. The summed E-state index contributed by atoms with van der Waals surface area (Å²) < 4.78 is 1.70. The van der Waals surface area contributed by atoms with Gasteiger partial charge in [-0.1, -0.05) is 12.1 Å². The number of amides is 1. The molecule has 1 heterocycles. The van der Waals surface area contributed by atoms with E-state index in [0.717, 1.165) is 0 Å². The number of carbonyl (C=O) groups excluding carboxylic acids is 1. The Hall–Kier alpha value is -2.63. The lowest BCUT2D eigenvalue weighted by molar-refractivity contribution is 0.0690. The molecule has 2 N–H and O–H groups in total. The summed E-state index contributed by atoms with van der Waals surface area (Å²) in [4.78, 5) is 23.6. The Labute approximate surface area is 122 Å². The zero-order valence-corrected chi connectivity index (χ0v) is 12.0. The maximum atomic E-state index is 12.3. The summed E-state index contributed by atoms with van der Waals surface area (Å²) in [6.07, 6.45) is 3.46. The van der Waals surface area contributed by atoms with Crippen LogP contribution in [0.15, 0.2) is 30.6 Å². The third-order valence-electron chi connectivity index (χ3n) is 3.25. The lowest BCUT2D eigenvalue weighted by atomic mass is 9.96. The number of benzene rings is 1. The summed E-state index contributed by atoms with van der Waals surface area (Å²) in [6.45, 7) is 4.33. The molecule has 0 unspecified atom stereocenters. The Balaban J connectivity index is 2.15. The van der Waals surface area contributed by atoms with Crippen LogP contribution in [-0.4, -0.2) is 33.3 Å². The number of carboxylic acid groups (broad SMARTS) is 1. The number of hydrogen-bond acceptors (Lipinski definition) is 3. The number of carboxylic acids is 1. The average molecular weight is 287 g/mol. The summed E-state index contributed by atoms with van der Waals surface area (Å²) in [7, 11) is 0. The van der Waals surface area contributed by atoms with E-state index in [1.807, 2.05) is 0 Å². The highest BCUT2D eigenvalue weighted by atomic mass is 16.4. The molecule has 1 aromatic carbocycles. The minimum absolute atomic E-state index is 0.0617. The van der Waals surface area contributed by atoms with E-state index in [1.54, 1.807) is 49.1 Å². The van der Waals surface area contributed by atoms with E-state index in [9.17, 15) is 14.7 Å². The zero-order valence-electron chi connectivity index (χ0n) is 12.0. The van der Waals surface area contributed by atoms with Gasteiger partial charge in [0.05, 0.1) is 17.7 Å². The van der Waals surface area contributed by atoms with Gasteiger partial charge in [-0.3, -0.25) is 9.48 Å². The highest BCUT2D eigenvalue weighted by molar-refractivity contribution is 6.06. The minimum Gasteiger partial charge on any atom is -0.478 e. The second-order valence-corrected chi connectivity index (χ2v) is 4.78. The minimum atomic E-state index is -1.09. The molecule has 6 heteroatoms. The smallest absolute Gasteiger partial charge is 0.336 e. The third-order valence-corrected chi connectivity index (χ3v) is 3.25. The maximum absolute atomic E-state index is 12.3. The van der Waals surface area contributed by atoms with Crippen LogP contribution in [0.25, 0.3) is 0 Å². The summed E-state index contributed by atoms with van der Waals surface area (Å²) in [5.41, 5.74) is 1.51. The van der Waals surface area contributed by atoms with Crippen LogP contribution in [0.2, 0.25) is 0 Å². The molecule has 0 saturated heterocycles. The van der Waals surface area contributed by atoms with E-state index in [1.165, 1.54) is 0 Å². The van der Waals surface area contributed by atoms with Crippen LogP contribution < -0.4 is 5.32 Å². The van der Waals surface area contributed by atoms with E-state index >= 15 is 0 Å². The summed E-state index contributed by atoms with van der Waals surface area (Å²) in [6, 6.07) is 5.26. The standard InChI is InChI=1S/C15H17N3O3/c1-10-4-5-11(2)13(15(20)21)12(10)14(19)16-7-9-18-8-3-6-17-18/h3-6,8H,7,9H2,1-2H3,(H,16,19)(H,20,21). The van der Waals surface area contributed by atoms with E-state index in [-0.39, 0.29) is 17.0 Å². The van der Waals surface area contributed by atoms with Crippen molar-refractivity contribution in [1.29, 1.82) is 0 Å². The third kappa shape index (κ3) is 3.28. The number of aryl methyl sites for hydroxylation is 2. The van der Waals surface area contributed by atoms with Crippen molar-refractivity contribution >= 4 is 11.9 Å². The lowest BCUT2D eigenvalue weighted by Crippen LogP contribution is -2.29. The molecule has 0 aliphatic heterocycles. The van der Waals surface area contributed by atoms with E-state index < -0.39 is 5.97 Å². The molecule has 21 heavy (non-hydrogen) atoms. The molecule has 0 atom stereocenters. The van der Waals surface area contributed by atoms with Crippen molar-refractivity contribution in [3.8, 4) is 0 Å². The van der Waals surface area contributed by atoms with E-state index in [2.05, 4.69) is 10.4 Å². The Morgan fingerprint density at radius 3 is 2.48 bits per heavy atom. The van der Waals surface area contributed by atoms with Crippen molar-refractivity contribution in [3.05, 3.63) is 52.8 Å². The average Bonchev–Trinajstić information content (AvgIpc) is 2.93. The first-order valence-corrected chi connectivity index (χ1v) is 6.60. The molecule has 1 amide bonds. The highest BCUT2D eigenvalue weighted by Gasteiger charge is 2.20. The van der Waals surface area contributed by atoms with Crippen molar-refractivity contribution in [2.45, 2.75) is 20.4 Å².